The van der Waals surface area contributed by atoms with Crippen LogP contribution in [0.4, 0.5) is 5.82 Å². The molecule has 2 amide bonds. The number of hydrogen-bond donors (Lipinski definition) is 1. The first-order valence-corrected chi connectivity index (χ1v) is 6.75. The van der Waals surface area contributed by atoms with Crippen LogP contribution in [-0.2, 0) is 16.1 Å². The molecule has 1 aromatic rings. The molecule has 5 nitrogen and oxygen atoms in total. The Kier molecular flexibility index (Phi) is 2.97. The van der Waals surface area contributed by atoms with E-state index in [1.807, 2.05) is 18.2 Å². The van der Waals surface area contributed by atoms with Gasteiger partial charge in [-0.3, -0.25) is 14.5 Å². The van der Waals surface area contributed by atoms with E-state index in [-0.39, 0.29) is 23.7 Å². The molecule has 1 saturated carbocycles. The second-order valence-electron chi connectivity index (χ2n) is 5.15. The van der Waals surface area contributed by atoms with E-state index in [4.69, 9.17) is 0 Å². The number of nitrogens with one attached hydrogen (secondary N) is 1. The fraction of sp³-hybridized carbons (Fsp3) is 0.500. The van der Waals surface area contributed by atoms with E-state index < -0.39 is 0 Å². The molecule has 3 rings (SSSR count). The van der Waals surface area contributed by atoms with E-state index >= 15 is 0 Å². The molecule has 1 N–H and O–H groups in total. The maximum atomic E-state index is 11.9. The van der Waals surface area contributed by atoms with Crippen LogP contribution in [-0.4, -0.2) is 28.2 Å². The minimum Gasteiger partial charge on any atom is -0.370 e. The summed E-state index contributed by atoms with van der Waals surface area (Å²) in [4.78, 5) is 29.5. The first-order chi connectivity index (χ1) is 9.20. The molecular formula is C14H17N3O2. The monoisotopic (exact) mass is 259 g/mol. The lowest BCUT2D eigenvalue weighted by Gasteiger charge is -2.16. The summed E-state index contributed by atoms with van der Waals surface area (Å²) in [6.45, 7) is 3.25. The lowest BCUT2D eigenvalue weighted by Crippen LogP contribution is -2.32. The summed E-state index contributed by atoms with van der Waals surface area (Å²) < 4.78 is 0. The van der Waals surface area contributed by atoms with Crippen molar-refractivity contribution in [2.24, 2.45) is 11.8 Å². The number of nitrogens with zero attached hydrogens (tertiary/aromatic N) is 2. The third kappa shape index (κ3) is 2.20. The molecule has 1 aromatic heterocycles. The number of likely N-dealkylation sites (tertiary alicyclic amines) is 1. The Morgan fingerprint density at radius 2 is 2.05 bits per heavy atom. The lowest BCUT2D eigenvalue weighted by molar-refractivity contribution is -0.142. The Labute approximate surface area is 112 Å². The molecule has 0 aromatic carbocycles. The van der Waals surface area contributed by atoms with Crippen molar-refractivity contribution >= 4 is 17.6 Å². The van der Waals surface area contributed by atoms with Gasteiger partial charge < -0.3 is 5.32 Å². The number of pyridine rings is 1. The summed E-state index contributed by atoms with van der Waals surface area (Å²) in [6.07, 6.45) is 1.78. The molecule has 0 radical (unpaired) electrons. The average molecular weight is 259 g/mol. The number of rotatable bonds is 5. The number of hydrogen-bond acceptors (Lipinski definition) is 4. The molecule has 100 valence electrons. The third-order valence-electron chi connectivity index (χ3n) is 3.64. The Morgan fingerprint density at radius 3 is 2.74 bits per heavy atom. The summed E-state index contributed by atoms with van der Waals surface area (Å²) in [5.41, 5.74) is 0.754. The zero-order valence-electron chi connectivity index (χ0n) is 10.9. The molecule has 2 unspecified atom stereocenters. The van der Waals surface area contributed by atoms with Crippen LogP contribution in [0, 0.1) is 11.8 Å². The van der Waals surface area contributed by atoms with Gasteiger partial charge in [-0.25, -0.2) is 4.98 Å². The highest BCUT2D eigenvalue weighted by Crippen LogP contribution is 2.47. The van der Waals surface area contributed by atoms with Crippen LogP contribution >= 0.6 is 0 Å². The van der Waals surface area contributed by atoms with Crippen molar-refractivity contribution in [1.29, 1.82) is 0 Å². The Bertz CT molecular complexity index is 509. The van der Waals surface area contributed by atoms with E-state index in [0.29, 0.717) is 6.54 Å². The molecule has 1 aliphatic carbocycles. The molecule has 2 heterocycles. The van der Waals surface area contributed by atoms with Gasteiger partial charge >= 0.3 is 0 Å². The topological polar surface area (TPSA) is 62.3 Å². The molecule has 5 heteroatoms. The second kappa shape index (κ2) is 4.64. The van der Waals surface area contributed by atoms with Gasteiger partial charge in [0, 0.05) is 6.54 Å². The number of carbonyl (C=O) groups excluding carboxylic acids is 2. The summed E-state index contributed by atoms with van der Waals surface area (Å²) in [6, 6.07) is 5.64. The Hall–Kier alpha value is -1.91. The van der Waals surface area contributed by atoms with Crippen molar-refractivity contribution in [1.82, 2.24) is 9.88 Å². The first-order valence-electron chi connectivity index (χ1n) is 6.75. The fourth-order valence-corrected chi connectivity index (χ4v) is 2.49. The summed E-state index contributed by atoms with van der Waals surface area (Å²) >= 11 is 0. The van der Waals surface area contributed by atoms with E-state index in [1.54, 1.807) is 0 Å². The molecular weight excluding hydrogens is 242 g/mol. The number of amides is 2. The second-order valence-corrected chi connectivity index (χ2v) is 5.15. The summed E-state index contributed by atoms with van der Waals surface area (Å²) in [5.74, 6) is 0.679. The number of anilines is 1. The van der Waals surface area contributed by atoms with Crippen LogP contribution in [0.25, 0.3) is 0 Å². The number of imide groups is 1. The van der Waals surface area contributed by atoms with Crippen LogP contribution in [0.1, 0.15) is 25.5 Å². The van der Waals surface area contributed by atoms with Crippen molar-refractivity contribution in [3.05, 3.63) is 23.9 Å². The number of fused-ring (bicyclic) bond motifs is 1. The summed E-state index contributed by atoms with van der Waals surface area (Å²) in [7, 11) is 0. The van der Waals surface area contributed by atoms with Gasteiger partial charge in [-0.1, -0.05) is 13.0 Å². The predicted octanol–water partition coefficient (Wildman–Crippen LogP) is 1.41. The standard InChI is InChI=1S/C14H17N3O2/c1-2-6-15-12-5-3-4-9(16-12)8-17-13(18)10-7-11(10)14(17)19/h3-5,10-11H,2,6-8H2,1H3,(H,15,16). The Balaban J connectivity index is 1.69. The number of piperidine rings is 1. The largest absolute Gasteiger partial charge is 0.370 e. The van der Waals surface area contributed by atoms with E-state index in [9.17, 15) is 9.59 Å². The molecule has 0 spiro atoms. The molecule has 2 aliphatic rings. The normalized spacial score (nSPS) is 24.6. The van der Waals surface area contributed by atoms with Gasteiger partial charge in [0.05, 0.1) is 24.1 Å². The SMILES string of the molecule is CCCNc1cccc(CN2C(=O)C3CC3C2=O)n1. The minimum absolute atomic E-state index is 0.0243. The van der Waals surface area contributed by atoms with Crippen molar-refractivity contribution in [3.8, 4) is 0 Å². The van der Waals surface area contributed by atoms with Gasteiger partial charge in [0.15, 0.2) is 0 Å². The highest BCUT2D eigenvalue weighted by Gasteiger charge is 2.58. The molecule has 1 saturated heterocycles. The van der Waals surface area contributed by atoms with Crippen LogP contribution in [0.15, 0.2) is 18.2 Å². The number of aromatic nitrogens is 1. The van der Waals surface area contributed by atoms with Crippen molar-refractivity contribution < 1.29 is 9.59 Å². The van der Waals surface area contributed by atoms with Gasteiger partial charge in [-0.15, -0.1) is 0 Å². The zero-order valence-corrected chi connectivity index (χ0v) is 10.9. The van der Waals surface area contributed by atoms with Crippen LogP contribution in [0.5, 0.6) is 0 Å². The van der Waals surface area contributed by atoms with Crippen LogP contribution < -0.4 is 5.32 Å². The molecule has 19 heavy (non-hydrogen) atoms. The van der Waals surface area contributed by atoms with Crippen molar-refractivity contribution in [3.63, 3.8) is 0 Å². The van der Waals surface area contributed by atoms with Gasteiger partial charge in [0.2, 0.25) is 11.8 Å². The van der Waals surface area contributed by atoms with Crippen LogP contribution in [0.2, 0.25) is 0 Å². The van der Waals surface area contributed by atoms with Crippen molar-refractivity contribution in [2.75, 3.05) is 11.9 Å². The van der Waals surface area contributed by atoms with E-state index in [0.717, 1.165) is 30.9 Å². The predicted molar refractivity (Wildman–Crippen MR) is 70.2 cm³/mol. The molecule has 1 aliphatic heterocycles. The minimum atomic E-state index is -0.0334. The first kappa shape index (κ1) is 12.1. The zero-order chi connectivity index (χ0) is 13.4. The summed E-state index contributed by atoms with van der Waals surface area (Å²) in [5, 5.41) is 3.20. The third-order valence-corrected chi connectivity index (χ3v) is 3.64. The maximum Gasteiger partial charge on any atom is 0.233 e. The van der Waals surface area contributed by atoms with Gasteiger partial charge in [-0.05, 0) is 25.0 Å². The van der Waals surface area contributed by atoms with E-state index in [1.165, 1.54) is 4.90 Å². The van der Waals surface area contributed by atoms with Crippen LogP contribution in [0.3, 0.4) is 0 Å². The highest BCUT2D eigenvalue weighted by atomic mass is 16.2. The van der Waals surface area contributed by atoms with Gasteiger partial charge in [-0.2, -0.15) is 0 Å². The van der Waals surface area contributed by atoms with Gasteiger partial charge in [0.1, 0.15) is 5.82 Å². The number of carbonyl (C=O) groups is 2. The molecule has 2 fully saturated rings. The van der Waals surface area contributed by atoms with Gasteiger partial charge in [0.25, 0.3) is 0 Å². The van der Waals surface area contributed by atoms with Crippen molar-refractivity contribution in [2.45, 2.75) is 26.3 Å². The molecule has 2 atom stereocenters. The fourth-order valence-electron chi connectivity index (χ4n) is 2.49. The highest BCUT2D eigenvalue weighted by molar-refractivity contribution is 6.08. The lowest BCUT2D eigenvalue weighted by atomic mass is 10.3. The maximum absolute atomic E-state index is 11.9. The van der Waals surface area contributed by atoms with E-state index in [2.05, 4.69) is 17.2 Å². The quantitative estimate of drug-likeness (QED) is 0.812. The smallest absolute Gasteiger partial charge is 0.233 e. The Morgan fingerprint density at radius 1 is 1.32 bits per heavy atom. The molecule has 0 bridgehead atoms. The average Bonchev–Trinajstić information content (AvgIpc) is 3.17.